The Morgan fingerprint density at radius 3 is 1.83 bits per heavy atom. The number of esters is 1. The van der Waals surface area contributed by atoms with Crippen LogP contribution in [0.4, 0.5) is 8.78 Å². The zero-order valence-corrected chi connectivity index (χ0v) is 22.9. The van der Waals surface area contributed by atoms with Crippen molar-refractivity contribution in [3.8, 4) is 11.5 Å². The molecule has 0 saturated heterocycles. The average molecular weight is 593 g/mol. The molecule has 0 spiro atoms. The Hall–Kier alpha value is -4.25. The highest BCUT2D eigenvalue weighted by Gasteiger charge is 2.39. The largest absolute Gasteiger partial charge is 0.743 e. The minimum Gasteiger partial charge on any atom is -0.743 e. The van der Waals surface area contributed by atoms with Crippen LogP contribution in [0.3, 0.4) is 0 Å². The number of benzene rings is 5. The van der Waals surface area contributed by atoms with Crippen LogP contribution in [-0.4, -0.2) is 30.8 Å². The predicted octanol–water partition coefficient (Wildman–Crippen LogP) is 7.02. The van der Waals surface area contributed by atoms with Crippen LogP contribution in [0.15, 0.2) is 136 Å². The van der Waals surface area contributed by atoms with Crippen LogP contribution < -0.4 is 4.74 Å². The first-order chi connectivity index (χ1) is 19.6. The van der Waals surface area contributed by atoms with E-state index in [2.05, 4.69) is 29.0 Å². The Bertz CT molecular complexity index is 1740. The second-order valence-electron chi connectivity index (χ2n) is 8.83. The summed E-state index contributed by atoms with van der Waals surface area (Å²) in [5.41, 5.74) is -0.0860. The van der Waals surface area contributed by atoms with Gasteiger partial charge in [-0.05, 0) is 66.0 Å². The van der Waals surface area contributed by atoms with Gasteiger partial charge in [0.25, 0.3) is 0 Å². The lowest BCUT2D eigenvalue weighted by Crippen LogP contribution is -2.34. The number of hydrogen-bond acceptors (Lipinski definition) is 6. The van der Waals surface area contributed by atoms with Crippen LogP contribution in [0.1, 0.15) is 10.4 Å². The van der Waals surface area contributed by atoms with E-state index in [1.807, 2.05) is 60.7 Å². The molecule has 0 atom stereocenters. The van der Waals surface area contributed by atoms with Crippen molar-refractivity contribution in [1.82, 2.24) is 0 Å². The summed E-state index contributed by atoms with van der Waals surface area (Å²) in [6.07, 6.45) is 0. The average Bonchev–Trinajstić information content (AvgIpc) is 2.97. The van der Waals surface area contributed by atoms with Gasteiger partial charge >= 0.3 is 11.2 Å². The van der Waals surface area contributed by atoms with E-state index in [9.17, 15) is 26.5 Å². The van der Waals surface area contributed by atoms with Crippen LogP contribution in [0.2, 0.25) is 0 Å². The molecular formula is C31H22F2O6S2. The van der Waals surface area contributed by atoms with Crippen molar-refractivity contribution in [3.05, 3.63) is 127 Å². The lowest BCUT2D eigenvalue weighted by atomic mass is 10.0. The van der Waals surface area contributed by atoms with E-state index < -0.39 is 27.9 Å². The maximum Gasteiger partial charge on any atom is 0.367 e. The van der Waals surface area contributed by atoms with Crippen LogP contribution >= 0.6 is 0 Å². The predicted molar refractivity (Wildman–Crippen MR) is 150 cm³/mol. The molecule has 0 aliphatic carbocycles. The van der Waals surface area contributed by atoms with Gasteiger partial charge in [-0.2, -0.15) is 8.78 Å². The number of ether oxygens (including phenoxy) is 2. The number of carbonyl (C=O) groups excluding carboxylic acids is 1. The lowest BCUT2D eigenvalue weighted by Gasteiger charge is -2.19. The molecule has 0 bridgehead atoms. The van der Waals surface area contributed by atoms with Gasteiger partial charge in [0.15, 0.2) is 31.4 Å². The first kappa shape index (κ1) is 28.3. The highest BCUT2D eigenvalue weighted by atomic mass is 32.2. The smallest absolute Gasteiger partial charge is 0.367 e. The van der Waals surface area contributed by atoms with Crippen molar-refractivity contribution in [2.24, 2.45) is 0 Å². The molecule has 0 saturated carbocycles. The molecule has 6 nitrogen and oxygen atoms in total. The second-order valence-corrected chi connectivity index (χ2v) is 12.4. The highest BCUT2D eigenvalue weighted by molar-refractivity contribution is 7.97. The van der Waals surface area contributed by atoms with Gasteiger partial charge in [-0.25, -0.2) is 13.2 Å². The maximum atomic E-state index is 13.5. The fourth-order valence-electron chi connectivity index (χ4n) is 4.14. The summed E-state index contributed by atoms with van der Waals surface area (Å²) >= 11 is 0. The molecule has 0 heterocycles. The molecule has 208 valence electrons. The third kappa shape index (κ3) is 6.25. The van der Waals surface area contributed by atoms with Crippen molar-refractivity contribution in [1.29, 1.82) is 0 Å². The third-order valence-corrected chi connectivity index (χ3v) is 9.16. The van der Waals surface area contributed by atoms with Crippen molar-refractivity contribution < 1.29 is 36.0 Å². The second kappa shape index (κ2) is 11.7. The van der Waals surface area contributed by atoms with E-state index in [0.717, 1.165) is 4.90 Å². The molecule has 0 aliphatic heterocycles. The lowest BCUT2D eigenvalue weighted by molar-refractivity contribution is -0.00983. The van der Waals surface area contributed by atoms with Gasteiger partial charge in [-0.3, -0.25) is 0 Å². The van der Waals surface area contributed by atoms with E-state index in [4.69, 9.17) is 4.74 Å². The Morgan fingerprint density at radius 1 is 0.707 bits per heavy atom. The number of hydrogen-bond donors (Lipinski definition) is 0. The molecule has 0 amide bonds. The minimum atomic E-state index is -5.98. The number of alkyl halides is 2. The third-order valence-electron chi connectivity index (χ3n) is 6.08. The zero-order valence-electron chi connectivity index (χ0n) is 21.3. The topological polar surface area (TPSA) is 92.7 Å². The van der Waals surface area contributed by atoms with Crippen molar-refractivity contribution in [2.75, 3.05) is 6.61 Å². The number of rotatable bonds is 9. The van der Waals surface area contributed by atoms with Crippen LogP contribution in [-0.2, 0) is 25.7 Å². The van der Waals surface area contributed by atoms with Crippen molar-refractivity contribution in [2.45, 2.75) is 19.9 Å². The molecule has 0 fully saturated rings. The molecule has 41 heavy (non-hydrogen) atoms. The van der Waals surface area contributed by atoms with E-state index in [0.29, 0.717) is 22.3 Å². The van der Waals surface area contributed by atoms with Gasteiger partial charge < -0.3 is 14.0 Å². The standard InChI is InChI=1S/C31H22F2O6S2/c32-31(33,41(35,36)37)21-38-30(34)28-15-7-14-27-26(28)13-8-16-29(27)39-22-17-19-25(20-18-22)40(23-9-3-1-4-10-23)24-11-5-2-6-12-24/h1-20H,21H2. The molecule has 0 aromatic heterocycles. The molecule has 0 aliphatic rings. The number of halogens is 2. The Labute approximate surface area is 238 Å². The van der Waals surface area contributed by atoms with Gasteiger partial charge in [-0.1, -0.05) is 60.7 Å². The van der Waals surface area contributed by atoms with E-state index in [1.165, 1.54) is 21.9 Å². The van der Waals surface area contributed by atoms with Crippen LogP contribution in [0.25, 0.3) is 10.8 Å². The summed E-state index contributed by atoms with van der Waals surface area (Å²) in [5.74, 6) is -0.254. The Kier molecular flexibility index (Phi) is 8.07. The molecule has 0 radical (unpaired) electrons. The quantitative estimate of drug-likeness (QED) is 0.104. The van der Waals surface area contributed by atoms with Gasteiger partial charge in [0.1, 0.15) is 11.5 Å². The Morgan fingerprint density at radius 2 is 1.24 bits per heavy atom. The van der Waals surface area contributed by atoms with Crippen LogP contribution in [0.5, 0.6) is 11.5 Å². The van der Waals surface area contributed by atoms with Crippen molar-refractivity contribution >= 4 is 37.8 Å². The van der Waals surface area contributed by atoms with Gasteiger partial charge in [0, 0.05) is 5.39 Å². The fraction of sp³-hybridized carbons (Fsp3) is 0.0645. The molecule has 10 heteroatoms. The molecule has 5 rings (SSSR count). The SMILES string of the molecule is O=C(OCC(F)(F)S(=O)(=O)[O-])c1cccc2c(Oc3ccc([S+](c4ccccc4)c4ccccc4)cc3)cccc12. The van der Waals surface area contributed by atoms with E-state index in [1.54, 1.807) is 24.3 Å². The van der Waals surface area contributed by atoms with Gasteiger partial charge in [0.05, 0.1) is 16.5 Å². The summed E-state index contributed by atoms with van der Waals surface area (Å²) in [4.78, 5) is 16.0. The highest BCUT2D eigenvalue weighted by Crippen LogP contribution is 2.35. The van der Waals surface area contributed by atoms with E-state index >= 15 is 0 Å². The molecule has 5 aromatic rings. The molecule has 0 unspecified atom stereocenters. The molecule has 0 N–H and O–H groups in total. The maximum absolute atomic E-state index is 13.5. The van der Waals surface area contributed by atoms with E-state index in [-0.39, 0.29) is 16.5 Å². The number of fused-ring (bicyclic) bond motifs is 1. The zero-order chi connectivity index (χ0) is 29.0. The monoisotopic (exact) mass is 592 g/mol. The number of carbonyl (C=O) groups is 1. The summed E-state index contributed by atoms with van der Waals surface area (Å²) in [6, 6.07) is 37.5. The fourth-order valence-corrected chi connectivity index (χ4v) is 6.43. The summed E-state index contributed by atoms with van der Waals surface area (Å²) < 4.78 is 69.8. The van der Waals surface area contributed by atoms with Crippen molar-refractivity contribution in [3.63, 3.8) is 0 Å². The van der Waals surface area contributed by atoms with Gasteiger partial charge in [0.2, 0.25) is 0 Å². The van der Waals surface area contributed by atoms with Gasteiger partial charge in [-0.15, -0.1) is 0 Å². The first-order valence-corrected chi connectivity index (χ1v) is 14.9. The summed E-state index contributed by atoms with van der Waals surface area (Å²) in [6.45, 7) is -1.88. The summed E-state index contributed by atoms with van der Waals surface area (Å²) in [7, 11) is -6.32. The Balaban J connectivity index is 1.40. The molecule has 5 aromatic carbocycles. The summed E-state index contributed by atoms with van der Waals surface area (Å²) in [5, 5.41) is -3.90. The first-order valence-electron chi connectivity index (χ1n) is 12.3. The van der Waals surface area contributed by atoms with Crippen LogP contribution in [0, 0.1) is 0 Å². The molecular weight excluding hydrogens is 570 g/mol. The minimum absolute atomic E-state index is 0.0860. The normalized spacial score (nSPS) is 11.9.